The molecule has 29 heavy (non-hydrogen) atoms. The molecule has 0 saturated heterocycles. The van der Waals surface area contributed by atoms with Gasteiger partial charge in [-0.25, -0.2) is 9.18 Å². The van der Waals surface area contributed by atoms with Crippen LogP contribution in [0.1, 0.15) is 60.1 Å². The molecule has 9 heteroatoms. The van der Waals surface area contributed by atoms with E-state index < -0.39 is 45.7 Å². The van der Waals surface area contributed by atoms with Crippen molar-refractivity contribution in [2.45, 2.75) is 70.9 Å². The van der Waals surface area contributed by atoms with Crippen LogP contribution in [-0.4, -0.2) is 45.4 Å². The molecule has 0 spiro atoms. The van der Waals surface area contributed by atoms with Gasteiger partial charge in [-0.15, -0.1) is 4.72 Å². The highest BCUT2D eigenvalue weighted by molar-refractivity contribution is 7.90. The molecule has 2 unspecified atom stereocenters. The lowest BCUT2D eigenvalue weighted by atomic mass is 10.1. The van der Waals surface area contributed by atoms with Gasteiger partial charge in [-0.05, 0) is 66.7 Å². The van der Waals surface area contributed by atoms with Crippen molar-refractivity contribution in [3.63, 3.8) is 0 Å². The molecule has 0 aromatic heterocycles. The number of rotatable bonds is 8. The van der Waals surface area contributed by atoms with E-state index in [0.717, 1.165) is 0 Å². The van der Waals surface area contributed by atoms with Crippen LogP contribution in [0, 0.1) is 5.82 Å². The van der Waals surface area contributed by atoms with Crippen LogP contribution in [0.25, 0.3) is 0 Å². The van der Waals surface area contributed by atoms with Crippen LogP contribution < -0.4 is 14.8 Å². The summed E-state index contributed by atoms with van der Waals surface area (Å²) in [6.07, 6.45) is -0.671. The number of hydrogen-bond acceptors (Lipinski definition) is 6. The zero-order valence-corrected chi connectivity index (χ0v) is 19.0. The largest absolute Gasteiger partial charge is 0.598 e. The minimum absolute atomic E-state index is 0.0521. The molecule has 0 saturated carbocycles. The Hall–Kier alpha value is -1.55. The van der Waals surface area contributed by atoms with Gasteiger partial charge >= 0.3 is 6.09 Å². The Kier molecular flexibility index (Phi) is 9.20. The molecule has 0 aliphatic carbocycles. The lowest BCUT2D eigenvalue weighted by Gasteiger charge is -2.27. The first-order chi connectivity index (χ1) is 13.2. The summed E-state index contributed by atoms with van der Waals surface area (Å²) in [6, 6.07) is 2.86. The molecule has 1 aromatic carbocycles. The Morgan fingerprint density at radius 1 is 1.28 bits per heavy atom. The first kappa shape index (κ1) is 25.5. The summed E-state index contributed by atoms with van der Waals surface area (Å²) < 4.78 is 39.5. The molecule has 0 bridgehead atoms. The van der Waals surface area contributed by atoms with E-state index in [1.54, 1.807) is 27.7 Å². The zero-order valence-electron chi connectivity index (χ0n) is 18.2. The van der Waals surface area contributed by atoms with Crippen molar-refractivity contribution in [1.29, 1.82) is 0 Å². The van der Waals surface area contributed by atoms with Crippen molar-refractivity contribution in [2.24, 2.45) is 0 Å². The second-order valence-electron chi connectivity index (χ2n) is 8.74. The number of halogens is 1. The van der Waals surface area contributed by atoms with Crippen molar-refractivity contribution >= 4 is 17.5 Å². The second-order valence-corrected chi connectivity index (χ2v) is 10.7. The van der Waals surface area contributed by atoms with Crippen LogP contribution in [0.15, 0.2) is 18.2 Å². The quantitative estimate of drug-likeness (QED) is 0.545. The summed E-state index contributed by atoms with van der Waals surface area (Å²) in [4.78, 5) is 11.9. The highest BCUT2D eigenvalue weighted by atomic mass is 32.2. The molecule has 0 fully saturated rings. The van der Waals surface area contributed by atoms with Crippen molar-refractivity contribution < 1.29 is 28.3 Å². The van der Waals surface area contributed by atoms with Crippen LogP contribution in [0.5, 0.6) is 5.75 Å². The Bertz CT molecular complexity index is 676. The predicted molar refractivity (Wildman–Crippen MR) is 112 cm³/mol. The maximum Gasteiger partial charge on any atom is 0.408 e. The third-order valence-corrected chi connectivity index (χ3v) is 5.34. The highest BCUT2D eigenvalue weighted by Crippen LogP contribution is 2.28. The van der Waals surface area contributed by atoms with Gasteiger partial charge in [-0.2, -0.15) is 0 Å². The molecule has 0 heterocycles. The van der Waals surface area contributed by atoms with Crippen molar-refractivity contribution in [2.75, 3.05) is 13.2 Å². The molecular formula is C20H33FN2O5S. The van der Waals surface area contributed by atoms with E-state index in [1.165, 1.54) is 18.2 Å². The standard InChI is InChI=1S/C20H33FN2O5S/c1-13(23-29(26)20(5,6)7)16-10-14(21)8-9-17(16)27-12-15(11-24)22-18(25)28-19(2,3)4/h8-10,13,15,23-24H,11-12H2,1-7H3,(H,22,25)/t13-,15?,29?/m1/s1. The van der Waals surface area contributed by atoms with Crippen molar-refractivity contribution in [1.82, 2.24) is 10.0 Å². The number of benzene rings is 1. The van der Waals surface area contributed by atoms with Gasteiger partial charge in [0.1, 0.15) is 28.5 Å². The number of amides is 1. The highest BCUT2D eigenvalue weighted by Gasteiger charge is 2.29. The van der Waals surface area contributed by atoms with Crippen LogP contribution in [0.4, 0.5) is 9.18 Å². The third-order valence-electron chi connectivity index (χ3n) is 3.66. The van der Waals surface area contributed by atoms with Crippen LogP contribution in [-0.2, 0) is 16.1 Å². The number of hydrogen-bond donors (Lipinski definition) is 3. The predicted octanol–water partition coefficient (Wildman–Crippen LogP) is 3.20. The molecule has 1 amide bonds. The maximum absolute atomic E-state index is 13.8. The van der Waals surface area contributed by atoms with E-state index in [0.29, 0.717) is 11.3 Å². The van der Waals surface area contributed by atoms with Gasteiger partial charge in [-0.3, -0.25) is 0 Å². The Labute approximate surface area is 175 Å². The first-order valence-electron chi connectivity index (χ1n) is 9.43. The summed E-state index contributed by atoms with van der Waals surface area (Å²) in [6.45, 7) is 12.0. The molecule has 1 rings (SSSR count). The van der Waals surface area contributed by atoms with Gasteiger partial charge in [0.05, 0.1) is 18.7 Å². The average molecular weight is 433 g/mol. The minimum atomic E-state index is -1.36. The number of aliphatic hydroxyl groups is 1. The number of ether oxygens (including phenoxy) is 2. The van der Waals surface area contributed by atoms with E-state index in [4.69, 9.17) is 9.47 Å². The fraction of sp³-hybridized carbons (Fsp3) is 0.650. The van der Waals surface area contributed by atoms with Gasteiger partial charge in [0.15, 0.2) is 0 Å². The molecule has 3 atom stereocenters. The molecule has 0 aliphatic heterocycles. The topological polar surface area (TPSA) is 103 Å². The summed E-state index contributed by atoms with van der Waals surface area (Å²) in [5.74, 6) is -0.0881. The summed E-state index contributed by atoms with van der Waals surface area (Å²) >= 11 is -1.36. The average Bonchev–Trinajstić information content (AvgIpc) is 2.56. The lowest BCUT2D eigenvalue weighted by molar-refractivity contribution is 0.0458. The van der Waals surface area contributed by atoms with E-state index in [9.17, 15) is 18.8 Å². The van der Waals surface area contributed by atoms with Gasteiger partial charge in [-0.1, -0.05) is 0 Å². The molecule has 0 radical (unpaired) electrons. The van der Waals surface area contributed by atoms with E-state index in [-0.39, 0.29) is 13.2 Å². The molecule has 1 aromatic rings. The summed E-state index contributed by atoms with van der Waals surface area (Å²) in [7, 11) is 0. The number of nitrogens with one attached hydrogen (secondary N) is 2. The summed E-state index contributed by atoms with van der Waals surface area (Å²) in [5.41, 5.74) is -0.185. The zero-order chi connectivity index (χ0) is 22.4. The monoisotopic (exact) mass is 432 g/mol. The Morgan fingerprint density at radius 2 is 1.90 bits per heavy atom. The number of carbonyl (C=O) groups is 1. The molecule has 166 valence electrons. The smallest absolute Gasteiger partial charge is 0.408 e. The normalized spacial score (nSPS) is 15.4. The summed E-state index contributed by atoms with van der Waals surface area (Å²) in [5, 5.41) is 12.1. The SMILES string of the molecule is C[C@@H](N[S+]([O-])C(C)(C)C)c1cc(F)ccc1OCC(CO)NC(=O)OC(C)(C)C. The van der Waals surface area contributed by atoms with Crippen LogP contribution in [0.3, 0.4) is 0 Å². The second kappa shape index (κ2) is 10.5. The van der Waals surface area contributed by atoms with Crippen molar-refractivity contribution in [3.05, 3.63) is 29.6 Å². The molecule has 7 nitrogen and oxygen atoms in total. The fourth-order valence-corrected chi connectivity index (χ4v) is 3.00. The fourth-order valence-electron chi connectivity index (χ4n) is 2.19. The van der Waals surface area contributed by atoms with Gasteiger partial charge in [0.2, 0.25) is 0 Å². The molecule has 3 N–H and O–H groups in total. The first-order valence-corrected chi connectivity index (χ1v) is 10.6. The van der Waals surface area contributed by atoms with E-state index in [1.807, 2.05) is 20.8 Å². The number of carbonyl (C=O) groups excluding carboxylic acids is 1. The van der Waals surface area contributed by atoms with Gasteiger partial charge < -0.3 is 24.4 Å². The van der Waals surface area contributed by atoms with Crippen molar-refractivity contribution in [3.8, 4) is 5.75 Å². The van der Waals surface area contributed by atoms with E-state index in [2.05, 4.69) is 10.0 Å². The maximum atomic E-state index is 13.8. The van der Waals surface area contributed by atoms with Crippen LogP contribution >= 0.6 is 0 Å². The molecular weight excluding hydrogens is 399 g/mol. The molecule has 0 aliphatic rings. The Morgan fingerprint density at radius 3 is 2.41 bits per heavy atom. The minimum Gasteiger partial charge on any atom is -0.598 e. The Balaban J connectivity index is 2.84. The number of aliphatic hydroxyl groups excluding tert-OH is 1. The lowest BCUT2D eigenvalue weighted by Crippen LogP contribution is -2.44. The third kappa shape index (κ3) is 9.20. The van der Waals surface area contributed by atoms with Gasteiger partial charge in [0, 0.05) is 16.9 Å². The van der Waals surface area contributed by atoms with Crippen LogP contribution in [0.2, 0.25) is 0 Å². The number of alkyl carbamates (subject to hydrolysis) is 1. The van der Waals surface area contributed by atoms with Gasteiger partial charge in [0.25, 0.3) is 0 Å². The van der Waals surface area contributed by atoms with E-state index >= 15 is 0 Å².